The Morgan fingerprint density at radius 2 is 1.49 bits per heavy atom. The summed E-state index contributed by atoms with van der Waals surface area (Å²) in [4.78, 5) is 23.9. The highest BCUT2D eigenvalue weighted by molar-refractivity contribution is 5.66. The third-order valence-corrected chi connectivity index (χ3v) is 14.3. The van der Waals surface area contributed by atoms with Gasteiger partial charge >= 0.3 is 11.9 Å². The zero-order valence-corrected chi connectivity index (χ0v) is 26.3. The van der Waals surface area contributed by atoms with Crippen molar-refractivity contribution in [2.24, 2.45) is 56.7 Å². The Morgan fingerprint density at radius 3 is 2.10 bits per heavy atom. The Labute approximate surface area is 237 Å². The van der Waals surface area contributed by atoms with Crippen LogP contribution in [-0.4, -0.2) is 35.4 Å². The van der Waals surface area contributed by atoms with Crippen LogP contribution in [-0.2, 0) is 19.1 Å². The van der Waals surface area contributed by atoms with Gasteiger partial charge in [-0.2, -0.15) is 0 Å². The van der Waals surface area contributed by atoms with E-state index in [4.69, 9.17) is 9.47 Å². The average Bonchev–Trinajstić information content (AvgIpc) is 3.20. The van der Waals surface area contributed by atoms with Gasteiger partial charge in [-0.25, -0.2) is 0 Å². The standard InChI is InChI=1S/C34H56O5/c1-21(35)38-20-34-17-12-23(30(5,6)37)28(34)24-10-11-26-31(7)15-14-27(39-22(2)36)29(3,4)25(31)13-16-33(26,9)32(24,8)18-19-34/h23-28,37H,10-20H2,1-9H3. The normalized spacial score (nSPS) is 48.7. The summed E-state index contributed by atoms with van der Waals surface area (Å²) in [5.74, 6) is 2.01. The maximum atomic E-state index is 11.9. The number of rotatable bonds is 4. The molecule has 39 heavy (non-hydrogen) atoms. The predicted octanol–water partition coefficient (Wildman–Crippen LogP) is 7.33. The molecule has 0 bridgehead atoms. The molecule has 0 saturated heterocycles. The van der Waals surface area contributed by atoms with E-state index in [9.17, 15) is 14.7 Å². The van der Waals surface area contributed by atoms with Gasteiger partial charge in [0.2, 0.25) is 0 Å². The van der Waals surface area contributed by atoms with Crippen LogP contribution in [0.2, 0.25) is 0 Å². The molecule has 0 aromatic rings. The van der Waals surface area contributed by atoms with Crippen LogP contribution in [0, 0.1) is 56.7 Å². The molecule has 10 unspecified atom stereocenters. The topological polar surface area (TPSA) is 72.8 Å². The highest BCUT2D eigenvalue weighted by Crippen LogP contribution is 2.77. The van der Waals surface area contributed by atoms with Gasteiger partial charge in [0.15, 0.2) is 0 Å². The maximum Gasteiger partial charge on any atom is 0.302 e. The third kappa shape index (κ3) is 4.16. The molecule has 5 nitrogen and oxygen atoms in total. The van der Waals surface area contributed by atoms with Crippen molar-refractivity contribution < 1.29 is 24.2 Å². The van der Waals surface area contributed by atoms with E-state index in [0.717, 1.165) is 32.1 Å². The lowest BCUT2D eigenvalue weighted by Gasteiger charge is -2.73. The van der Waals surface area contributed by atoms with Crippen LogP contribution >= 0.6 is 0 Å². The summed E-state index contributed by atoms with van der Waals surface area (Å²) < 4.78 is 11.7. The van der Waals surface area contributed by atoms with E-state index in [1.54, 1.807) is 6.92 Å². The molecule has 0 spiro atoms. The Balaban J connectivity index is 1.50. The van der Waals surface area contributed by atoms with Crippen molar-refractivity contribution in [2.45, 2.75) is 138 Å². The van der Waals surface area contributed by atoms with Gasteiger partial charge in [0.1, 0.15) is 6.10 Å². The first-order chi connectivity index (χ1) is 17.9. The van der Waals surface area contributed by atoms with Gasteiger partial charge in [-0.05, 0) is 124 Å². The lowest BCUT2D eigenvalue weighted by Crippen LogP contribution is -2.67. The molecular formula is C34H56O5. The monoisotopic (exact) mass is 544 g/mol. The first-order valence-electron chi connectivity index (χ1n) is 16.0. The van der Waals surface area contributed by atoms with E-state index in [1.807, 2.05) is 13.8 Å². The minimum absolute atomic E-state index is 0.00507. The quantitative estimate of drug-likeness (QED) is 0.375. The summed E-state index contributed by atoms with van der Waals surface area (Å²) in [6.07, 6.45) is 11.3. The first kappa shape index (κ1) is 29.4. The number of esters is 2. The third-order valence-electron chi connectivity index (χ3n) is 14.3. The molecule has 5 heteroatoms. The van der Waals surface area contributed by atoms with E-state index in [-0.39, 0.29) is 51.0 Å². The van der Waals surface area contributed by atoms with Crippen molar-refractivity contribution in [3.63, 3.8) is 0 Å². The summed E-state index contributed by atoms with van der Waals surface area (Å²) in [5.41, 5.74) is -0.110. The summed E-state index contributed by atoms with van der Waals surface area (Å²) in [5, 5.41) is 11.4. The second-order valence-electron chi connectivity index (χ2n) is 16.6. The van der Waals surface area contributed by atoms with Crippen LogP contribution in [0.3, 0.4) is 0 Å². The van der Waals surface area contributed by atoms with Crippen LogP contribution in [0.5, 0.6) is 0 Å². The van der Waals surface area contributed by atoms with Gasteiger partial charge in [-0.15, -0.1) is 0 Å². The van der Waals surface area contributed by atoms with Crippen LogP contribution in [0.4, 0.5) is 0 Å². The molecule has 5 aliphatic rings. The van der Waals surface area contributed by atoms with Crippen LogP contribution in [0.1, 0.15) is 127 Å². The minimum atomic E-state index is -0.735. The smallest absolute Gasteiger partial charge is 0.302 e. The molecule has 5 aliphatic carbocycles. The van der Waals surface area contributed by atoms with Crippen LogP contribution in [0.25, 0.3) is 0 Å². The lowest BCUT2D eigenvalue weighted by atomic mass is 9.32. The van der Waals surface area contributed by atoms with Crippen molar-refractivity contribution in [1.29, 1.82) is 0 Å². The fraction of sp³-hybridized carbons (Fsp3) is 0.941. The number of hydrogen-bond donors (Lipinski definition) is 1. The zero-order chi connectivity index (χ0) is 28.8. The molecule has 1 N–H and O–H groups in total. The number of hydrogen-bond acceptors (Lipinski definition) is 5. The predicted molar refractivity (Wildman–Crippen MR) is 153 cm³/mol. The molecule has 222 valence electrons. The highest BCUT2D eigenvalue weighted by Gasteiger charge is 2.71. The summed E-state index contributed by atoms with van der Waals surface area (Å²) >= 11 is 0. The number of aliphatic hydroxyl groups is 1. The Hall–Kier alpha value is -1.10. The second-order valence-corrected chi connectivity index (χ2v) is 16.6. The lowest BCUT2D eigenvalue weighted by molar-refractivity contribution is -0.255. The number of ether oxygens (including phenoxy) is 2. The number of carbonyl (C=O) groups is 2. The van der Waals surface area contributed by atoms with Crippen LogP contribution < -0.4 is 0 Å². The molecule has 5 saturated carbocycles. The zero-order valence-electron chi connectivity index (χ0n) is 26.3. The average molecular weight is 545 g/mol. The van der Waals surface area contributed by atoms with E-state index in [0.29, 0.717) is 30.3 Å². The van der Waals surface area contributed by atoms with Crippen molar-refractivity contribution in [2.75, 3.05) is 6.61 Å². The van der Waals surface area contributed by atoms with Crippen molar-refractivity contribution in [3.8, 4) is 0 Å². The van der Waals surface area contributed by atoms with Crippen molar-refractivity contribution in [1.82, 2.24) is 0 Å². The largest absolute Gasteiger partial charge is 0.465 e. The van der Waals surface area contributed by atoms with Crippen molar-refractivity contribution >= 4 is 11.9 Å². The molecule has 0 radical (unpaired) electrons. The van der Waals surface area contributed by atoms with E-state index >= 15 is 0 Å². The summed E-state index contributed by atoms with van der Waals surface area (Å²) in [6, 6.07) is 0. The molecule has 0 aliphatic heterocycles. The molecule has 5 fully saturated rings. The SMILES string of the molecule is CC(=O)OCC12CCC(C(C)(C)O)C1C1CCC3C4(C)CCC(OC(C)=O)C(C)(C)C4CCC3(C)C1(C)CC2. The molecule has 0 amide bonds. The first-order valence-corrected chi connectivity index (χ1v) is 16.0. The van der Waals surface area contributed by atoms with Gasteiger partial charge < -0.3 is 14.6 Å². The minimum Gasteiger partial charge on any atom is -0.465 e. The molecular weight excluding hydrogens is 488 g/mol. The summed E-state index contributed by atoms with van der Waals surface area (Å²) in [6.45, 7) is 20.1. The number of fused-ring (bicyclic) bond motifs is 7. The van der Waals surface area contributed by atoms with Crippen LogP contribution in [0.15, 0.2) is 0 Å². The molecule has 0 heterocycles. The van der Waals surface area contributed by atoms with E-state index in [2.05, 4.69) is 34.6 Å². The van der Waals surface area contributed by atoms with Crippen molar-refractivity contribution in [3.05, 3.63) is 0 Å². The van der Waals surface area contributed by atoms with E-state index < -0.39 is 5.60 Å². The summed E-state index contributed by atoms with van der Waals surface area (Å²) in [7, 11) is 0. The molecule has 0 aromatic heterocycles. The van der Waals surface area contributed by atoms with E-state index in [1.165, 1.54) is 39.0 Å². The van der Waals surface area contributed by atoms with Gasteiger partial charge in [-0.3, -0.25) is 9.59 Å². The maximum absolute atomic E-state index is 11.9. The Kier molecular flexibility index (Phi) is 6.93. The van der Waals surface area contributed by atoms with Gasteiger partial charge in [0, 0.05) is 24.7 Å². The highest BCUT2D eigenvalue weighted by atomic mass is 16.5. The van der Waals surface area contributed by atoms with Gasteiger partial charge in [0.25, 0.3) is 0 Å². The Bertz CT molecular complexity index is 996. The second kappa shape index (κ2) is 9.20. The molecule has 10 atom stereocenters. The Morgan fingerprint density at radius 1 is 0.795 bits per heavy atom. The molecule has 5 rings (SSSR count). The molecule has 0 aromatic carbocycles. The fourth-order valence-corrected chi connectivity index (χ4v) is 12.4. The fourth-order valence-electron chi connectivity index (χ4n) is 12.4. The van der Waals surface area contributed by atoms with Gasteiger partial charge in [0.05, 0.1) is 12.2 Å². The number of carbonyl (C=O) groups excluding carboxylic acids is 2. The van der Waals surface area contributed by atoms with Gasteiger partial charge in [-0.1, -0.05) is 34.6 Å².